The number of fused-ring (bicyclic) bond motifs is 15. The first-order chi connectivity index (χ1) is 39.1. The van der Waals surface area contributed by atoms with Gasteiger partial charge in [0.2, 0.25) is 0 Å². The molecule has 2 nitrogen and oxygen atoms in total. The average molecular weight is 1060 g/mol. The van der Waals surface area contributed by atoms with Gasteiger partial charge < -0.3 is 9.13 Å². The van der Waals surface area contributed by atoms with Gasteiger partial charge in [0.05, 0.1) is 22.1 Å². The Bertz CT molecular complexity index is 4730. The normalized spacial score (nSPS) is 14.6. The van der Waals surface area contributed by atoms with Crippen LogP contribution in [0.5, 0.6) is 0 Å². The van der Waals surface area contributed by atoms with Gasteiger partial charge in [-0.25, -0.2) is 0 Å². The summed E-state index contributed by atoms with van der Waals surface area (Å²) >= 11 is 0. The first-order valence-electron chi connectivity index (χ1n) is 30.4. The van der Waals surface area contributed by atoms with Crippen molar-refractivity contribution in [3.05, 3.63) is 220 Å². The molecule has 3 heteroatoms. The van der Waals surface area contributed by atoms with E-state index in [-0.39, 0.29) is 28.4 Å². The first kappa shape index (κ1) is 49.9. The molecule has 0 radical (unpaired) electrons. The highest BCUT2D eigenvalue weighted by atomic mass is 15.1. The summed E-state index contributed by atoms with van der Waals surface area (Å²) in [5.74, 6) is 0. The zero-order valence-corrected chi connectivity index (χ0v) is 50.0. The highest BCUT2D eigenvalue weighted by Crippen LogP contribution is 2.63. The molecule has 82 heavy (non-hydrogen) atoms. The van der Waals surface area contributed by atoms with Crippen LogP contribution in [0.15, 0.2) is 176 Å². The zero-order chi connectivity index (χ0) is 56.3. The molecule has 12 aromatic rings. The van der Waals surface area contributed by atoms with Gasteiger partial charge >= 0.3 is 0 Å². The Kier molecular flexibility index (Phi) is 10.1. The van der Waals surface area contributed by atoms with E-state index < -0.39 is 5.41 Å². The van der Waals surface area contributed by atoms with Gasteiger partial charge in [-0.05, 0) is 183 Å². The van der Waals surface area contributed by atoms with Gasteiger partial charge in [0.1, 0.15) is 0 Å². The molecule has 16 rings (SSSR count). The third-order valence-corrected chi connectivity index (χ3v) is 18.8. The topological polar surface area (TPSA) is 9.86 Å². The van der Waals surface area contributed by atoms with E-state index >= 15 is 0 Å². The lowest BCUT2D eigenvalue weighted by Crippen LogP contribution is -2.61. The Balaban J connectivity index is 1.18. The number of aromatic nitrogens is 2. The van der Waals surface area contributed by atoms with Crippen LogP contribution < -0.4 is 16.4 Å². The maximum absolute atomic E-state index is 2.84. The van der Waals surface area contributed by atoms with Gasteiger partial charge in [-0.15, -0.1) is 0 Å². The zero-order valence-electron chi connectivity index (χ0n) is 50.0. The summed E-state index contributed by atoms with van der Waals surface area (Å²) in [6.07, 6.45) is 3.95. The third-order valence-electron chi connectivity index (χ3n) is 18.8. The minimum Gasteiger partial charge on any atom is -0.310 e. The number of hydrogen-bond acceptors (Lipinski definition) is 0. The molecular weight excluding hydrogens is 988 g/mol. The smallest absolute Gasteiger partial charge is 0.252 e. The van der Waals surface area contributed by atoms with Crippen LogP contribution in [0.4, 0.5) is 0 Å². The Morgan fingerprint density at radius 1 is 0.329 bits per heavy atom. The molecule has 0 atom stereocenters. The Hall–Kier alpha value is -7.88. The molecule has 402 valence electrons. The second-order valence-electron chi connectivity index (χ2n) is 30.1. The summed E-state index contributed by atoms with van der Waals surface area (Å²) in [7, 11) is 0. The van der Waals surface area contributed by atoms with Crippen LogP contribution in [0, 0.1) is 21.7 Å². The van der Waals surface area contributed by atoms with Crippen LogP contribution in [0.3, 0.4) is 0 Å². The lowest BCUT2D eigenvalue weighted by molar-refractivity contribution is 0.411. The molecule has 0 saturated heterocycles. The molecular formula is C79H73BN2. The Morgan fingerprint density at radius 3 is 1.40 bits per heavy atom. The van der Waals surface area contributed by atoms with Crippen molar-refractivity contribution in [3.63, 3.8) is 0 Å². The van der Waals surface area contributed by atoms with Crippen LogP contribution in [-0.4, -0.2) is 15.8 Å². The SMILES string of the molecule is CC(C)(C)Cc1ccc2c(c1)c1cc(CC(C)(C)C)cc3c1n2-c1c(-c2ccc(-c4ccccc4)c4ccccc24)cc2c4c1B3c1cc(CC(C)(C)C)cc3c5cc(CC(C)(C)C)cc(c5n-4c13)C21c2ccccc2-c2ccccc21. The van der Waals surface area contributed by atoms with Gasteiger partial charge in [-0.2, -0.15) is 0 Å². The van der Waals surface area contributed by atoms with Crippen LogP contribution in [0.25, 0.3) is 99.1 Å². The lowest BCUT2D eigenvalue weighted by atomic mass is 9.33. The Morgan fingerprint density at radius 2 is 0.805 bits per heavy atom. The predicted octanol–water partition coefficient (Wildman–Crippen LogP) is 18.5. The fraction of sp³-hybridized carbons (Fsp3) is 0.266. The van der Waals surface area contributed by atoms with Crippen molar-refractivity contribution in [2.45, 2.75) is 114 Å². The van der Waals surface area contributed by atoms with Gasteiger partial charge in [-0.3, -0.25) is 0 Å². The monoisotopic (exact) mass is 1060 g/mol. The summed E-state index contributed by atoms with van der Waals surface area (Å²) in [4.78, 5) is 0. The van der Waals surface area contributed by atoms with Gasteiger partial charge in [0.25, 0.3) is 6.71 Å². The molecule has 4 aliphatic rings. The molecule has 1 aliphatic carbocycles. The fourth-order valence-corrected chi connectivity index (χ4v) is 16.5. The van der Waals surface area contributed by atoms with Crippen molar-refractivity contribution in [2.24, 2.45) is 21.7 Å². The maximum Gasteiger partial charge on any atom is 0.252 e. The molecule has 5 heterocycles. The molecule has 0 bridgehead atoms. The largest absolute Gasteiger partial charge is 0.310 e. The molecule has 0 N–H and O–H groups in total. The first-order valence-corrected chi connectivity index (χ1v) is 30.4. The van der Waals surface area contributed by atoms with Crippen molar-refractivity contribution in [2.75, 3.05) is 0 Å². The summed E-state index contributed by atoms with van der Waals surface area (Å²) in [5, 5.41) is 8.05. The van der Waals surface area contributed by atoms with E-state index in [1.807, 2.05) is 0 Å². The van der Waals surface area contributed by atoms with Crippen LogP contribution in [0.1, 0.15) is 128 Å². The Labute approximate surface area is 484 Å². The van der Waals surface area contributed by atoms with E-state index in [4.69, 9.17) is 0 Å². The number of rotatable bonds is 6. The van der Waals surface area contributed by atoms with Gasteiger partial charge in [0, 0.05) is 43.8 Å². The highest BCUT2D eigenvalue weighted by Gasteiger charge is 2.55. The molecule has 0 unspecified atom stereocenters. The molecule has 10 aromatic carbocycles. The van der Waals surface area contributed by atoms with E-state index in [9.17, 15) is 0 Å². The standard InChI is InChI=1S/C79H73BN2/c1-75(2,3)42-46-30-33-68-57(34-46)58-36-48(44-77(7,8)9)39-66-71(58)81(68)73-61(54-32-31-51(50-22-14-13-15-23-50)52-24-16-17-25-53(52)54)41-65-74-69(73)80(66)67-40-49(45-78(10,11)12)37-60-59-35-47(43-76(4,5)6)38-64(70(59)82(74)72(60)67)79(65)62-28-20-18-26-55(62)56-27-19-21-29-63(56)79/h13-41H,42-45H2,1-12H3. The minimum atomic E-state index is -0.636. The van der Waals surface area contributed by atoms with E-state index in [1.54, 1.807) is 0 Å². The van der Waals surface area contributed by atoms with Crippen LogP contribution >= 0.6 is 0 Å². The average Bonchev–Trinajstić information content (AvgIpc) is 1.42. The van der Waals surface area contributed by atoms with E-state index in [2.05, 4.69) is 268 Å². The second kappa shape index (κ2) is 16.7. The summed E-state index contributed by atoms with van der Waals surface area (Å²) in [6.45, 7) is 28.8. The van der Waals surface area contributed by atoms with Crippen molar-refractivity contribution < 1.29 is 0 Å². The lowest BCUT2D eigenvalue weighted by Gasteiger charge is -2.45. The van der Waals surface area contributed by atoms with Crippen LogP contribution in [0.2, 0.25) is 0 Å². The third kappa shape index (κ3) is 7.07. The second-order valence-corrected chi connectivity index (χ2v) is 30.1. The van der Waals surface area contributed by atoms with E-state index in [0.29, 0.717) is 0 Å². The van der Waals surface area contributed by atoms with Gasteiger partial charge in [0.15, 0.2) is 0 Å². The van der Waals surface area contributed by atoms with Crippen molar-refractivity contribution >= 4 is 77.5 Å². The molecule has 0 fully saturated rings. The summed E-state index contributed by atoms with van der Waals surface area (Å²) < 4.78 is 5.63. The molecule has 0 amide bonds. The number of hydrogen-bond donors (Lipinski definition) is 0. The molecule has 1 spiro atoms. The van der Waals surface area contributed by atoms with Crippen molar-refractivity contribution in [1.82, 2.24) is 9.13 Å². The fourth-order valence-electron chi connectivity index (χ4n) is 16.5. The van der Waals surface area contributed by atoms with Crippen molar-refractivity contribution in [1.29, 1.82) is 0 Å². The predicted molar refractivity (Wildman–Crippen MR) is 352 cm³/mol. The van der Waals surface area contributed by atoms with Crippen molar-refractivity contribution in [3.8, 4) is 44.8 Å². The highest BCUT2D eigenvalue weighted by molar-refractivity contribution is 7.00. The maximum atomic E-state index is 2.84. The quantitative estimate of drug-likeness (QED) is 0.147. The number of nitrogens with zero attached hydrogens (tertiary/aromatic N) is 2. The van der Waals surface area contributed by atoms with E-state index in [1.165, 1.54) is 160 Å². The summed E-state index contributed by atoms with van der Waals surface area (Å²) in [5.41, 5.74) is 31.1. The van der Waals surface area contributed by atoms with Crippen LogP contribution in [-0.2, 0) is 31.1 Å². The molecule has 2 aromatic heterocycles. The minimum absolute atomic E-state index is 0.0504. The molecule has 3 aliphatic heterocycles. The van der Waals surface area contributed by atoms with E-state index in [0.717, 1.165) is 25.7 Å². The summed E-state index contributed by atoms with van der Waals surface area (Å²) in [6, 6.07) is 70.4. The van der Waals surface area contributed by atoms with Gasteiger partial charge in [-0.1, -0.05) is 223 Å². The molecule has 0 saturated carbocycles. The number of benzene rings is 10.